The summed E-state index contributed by atoms with van der Waals surface area (Å²) in [5, 5.41) is 29.2. The van der Waals surface area contributed by atoms with Crippen molar-refractivity contribution in [3.05, 3.63) is 78.1 Å². The largest absolute Gasteiger partial charge is 0.475 e. The Hall–Kier alpha value is -3.57. The van der Waals surface area contributed by atoms with E-state index in [1.54, 1.807) is 24.0 Å². The van der Waals surface area contributed by atoms with E-state index in [0.717, 1.165) is 12.0 Å². The molecule has 0 spiro atoms. The Labute approximate surface area is 192 Å². The van der Waals surface area contributed by atoms with Gasteiger partial charge in [0.2, 0.25) is 5.91 Å². The summed E-state index contributed by atoms with van der Waals surface area (Å²) in [7, 11) is 0.0117. The van der Waals surface area contributed by atoms with Gasteiger partial charge in [-0.3, -0.25) is 19.3 Å². The summed E-state index contributed by atoms with van der Waals surface area (Å²) in [4.78, 5) is 33.5. The first kappa shape index (κ1) is 24.1. The molecule has 0 saturated carbocycles. The fourth-order valence-corrected chi connectivity index (χ4v) is 3.39. The van der Waals surface area contributed by atoms with Crippen LogP contribution in [0.5, 0.6) is 0 Å². The van der Waals surface area contributed by atoms with Gasteiger partial charge in [0.15, 0.2) is 0 Å². The monoisotopic (exact) mass is 450 g/mol. The molecule has 0 fully saturated rings. The molecule has 33 heavy (non-hydrogen) atoms. The van der Waals surface area contributed by atoms with Crippen molar-refractivity contribution in [1.29, 1.82) is 0 Å². The normalized spacial score (nSPS) is 12.6. The number of benzene rings is 1. The molecular formula is C22H27BN6O4. The van der Waals surface area contributed by atoms with Gasteiger partial charge in [0.05, 0.1) is 17.8 Å². The van der Waals surface area contributed by atoms with Gasteiger partial charge in [0.1, 0.15) is 11.7 Å². The minimum absolute atomic E-state index is 0.0675. The fraction of sp³-hybridized carbons (Fsp3) is 0.318. The van der Waals surface area contributed by atoms with Crippen molar-refractivity contribution in [3.8, 4) is 0 Å². The van der Waals surface area contributed by atoms with Crippen LogP contribution in [0.3, 0.4) is 0 Å². The van der Waals surface area contributed by atoms with Crippen LogP contribution in [-0.4, -0.2) is 60.7 Å². The van der Waals surface area contributed by atoms with Crippen LogP contribution in [0.2, 0.25) is 0 Å². The smallest absolute Gasteiger partial charge is 0.426 e. The van der Waals surface area contributed by atoms with Crippen LogP contribution in [0.4, 0.5) is 0 Å². The molecule has 1 aromatic carbocycles. The topological polar surface area (TPSA) is 142 Å². The Kier molecular flexibility index (Phi) is 8.67. The molecule has 2 aromatic heterocycles. The van der Waals surface area contributed by atoms with Gasteiger partial charge in [0.25, 0.3) is 5.91 Å². The predicted octanol–water partition coefficient (Wildman–Crippen LogP) is 0.0709. The predicted molar refractivity (Wildman–Crippen MR) is 122 cm³/mol. The molecule has 11 heteroatoms. The Morgan fingerprint density at radius 1 is 1.12 bits per heavy atom. The first-order valence-electron chi connectivity index (χ1n) is 10.7. The highest BCUT2D eigenvalue weighted by Gasteiger charge is 2.30. The number of aryl methyl sites for hydroxylation is 2. The molecular weight excluding hydrogens is 423 g/mol. The van der Waals surface area contributed by atoms with Gasteiger partial charge in [-0.05, 0) is 30.9 Å². The first-order valence-corrected chi connectivity index (χ1v) is 10.7. The van der Waals surface area contributed by atoms with E-state index in [1.165, 1.54) is 18.6 Å². The van der Waals surface area contributed by atoms with Crippen molar-refractivity contribution >= 4 is 18.9 Å². The number of hydrogen-bond acceptors (Lipinski definition) is 7. The summed E-state index contributed by atoms with van der Waals surface area (Å²) in [6.45, 7) is 0. The van der Waals surface area contributed by atoms with Crippen molar-refractivity contribution in [1.82, 2.24) is 30.4 Å². The van der Waals surface area contributed by atoms with Crippen LogP contribution in [-0.2, 0) is 24.7 Å². The van der Waals surface area contributed by atoms with E-state index in [0.29, 0.717) is 18.5 Å². The van der Waals surface area contributed by atoms with Crippen LogP contribution in [0, 0.1) is 0 Å². The van der Waals surface area contributed by atoms with Crippen LogP contribution in [0.1, 0.15) is 34.6 Å². The Morgan fingerprint density at radius 2 is 1.91 bits per heavy atom. The van der Waals surface area contributed by atoms with E-state index in [2.05, 4.69) is 25.7 Å². The fourth-order valence-electron chi connectivity index (χ4n) is 3.39. The van der Waals surface area contributed by atoms with Crippen molar-refractivity contribution < 1.29 is 19.6 Å². The molecule has 0 aliphatic rings. The van der Waals surface area contributed by atoms with Gasteiger partial charge < -0.3 is 20.7 Å². The number of nitrogens with one attached hydrogen (secondary N) is 2. The van der Waals surface area contributed by atoms with Crippen molar-refractivity contribution in [3.63, 3.8) is 0 Å². The number of rotatable bonds is 11. The molecule has 10 nitrogen and oxygen atoms in total. The van der Waals surface area contributed by atoms with Crippen molar-refractivity contribution in [2.75, 3.05) is 0 Å². The molecule has 172 valence electrons. The highest BCUT2D eigenvalue weighted by atomic mass is 16.4. The van der Waals surface area contributed by atoms with E-state index in [9.17, 15) is 19.6 Å². The summed E-state index contributed by atoms with van der Waals surface area (Å²) in [5.74, 6) is -2.00. The molecule has 0 saturated heterocycles. The maximum atomic E-state index is 13.1. The molecule has 3 aromatic rings. The number of carbonyl (C=O) groups is 2. The lowest BCUT2D eigenvalue weighted by atomic mass is 9.76. The summed E-state index contributed by atoms with van der Waals surface area (Å²) >= 11 is 0. The lowest BCUT2D eigenvalue weighted by Crippen LogP contribution is -2.54. The quantitative estimate of drug-likeness (QED) is 0.303. The van der Waals surface area contributed by atoms with E-state index in [1.807, 2.05) is 30.3 Å². The van der Waals surface area contributed by atoms with Gasteiger partial charge in [-0.1, -0.05) is 30.3 Å². The number of nitrogens with zero attached hydrogens (tertiary/aromatic N) is 4. The van der Waals surface area contributed by atoms with Gasteiger partial charge >= 0.3 is 7.12 Å². The summed E-state index contributed by atoms with van der Waals surface area (Å²) < 4.78 is 1.60. The summed E-state index contributed by atoms with van der Waals surface area (Å²) in [6, 6.07) is 10.6. The van der Waals surface area contributed by atoms with Crippen LogP contribution in [0.25, 0.3) is 0 Å². The zero-order chi connectivity index (χ0) is 23.6. The molecule has 4 N–H and O–H groups in total. The van der Waals surface area contributed by atoms with E-state index in [4.69, 9.17) is 0 Å². The van der Waals surface area contributed by atoms with Crippen LogP contribution >= 0.6 is 0 Å². The zero-order valence-electron chi connectivity index (χ0n) is 18.3. The summed E-state index contributed by atoms with van der Waals surface area (Å²) in [5.41, 5.74) is 1.79. The molecule has 2 atom stereocenters. The maximum Gasteiger partial charge on any atom is 0.475 e. The van der Waals surface area contributed by atoms with E-state index >= 15 is 0 Å². The first-order chi connectivity index (χ1) is 15.9. The Balaban J connectivity index is 1.66. The van der Waals surface area contributed by atoms with E-state index in [-0.39, 0.29) is 12.1 Å². The number of aromatic nitrogens is 4. The molecule has 2 heterocycles. The lowest BCUT2D eigenvalue weighted by Gasteiger charge is -2.22. The van der Waals surface area contributed by atoms with Crippen molar-refractivity contribution in [2.24, 2.45) is 7.05 Å². The molecule has 0 aliphatic carbocycles. The van der Waals surface area contributed by atoms with E-state index < -0.39 is 30.9 Å². The van der Waals surface area contributed by atoms with Gasteiger partial charge in [-0.2, -0.15) is 5.10 Å². The third kappa shape index (κ3) is 7.51. The highest BCUT2D eigenvalue weighted by Crippen LogP contribution is 2.09. The molecule has 0 bridgehead atoms. The number of hydrogen-bond donors (Lipinski definition) is 4. The molecule has 2 amide bonds. The second kappa shape index (κ2) is 11.9. The maximum absolute atomic E-state index is 13.1. The third-order valence-electron chi connectivity index (χ3n) is 5.11. The Morgan fingerprint density at radius 3 is 2.55 bits per heavy atom. The average Bonchev–Trinajstić information content (AvgIpc) is 3.23. The molecule has 0 aliphatic heterocycles. The Bertz CT molecular complexity index is 1030. The third-order valence-corrected chi connectivity index (χ3v) is 5.11. The molecule has 3 rings (SSSR count). The molecule has 2 unspecified atom stereocenters. The standard InChI is InChI=1S/C22H27BN6O4/c1-29-13-10-17(28-29)14-18(26-22(31)19-15-24-11-12-25-19)21(30)27-20(23(32)33)9-5-8-16-6-3-2-4-7-16/h2-4,6-7,10-13,15,18,20,32-33H,5,8-9,14H2,1H3,(H,26,31)(H,27,30). The zero-order valence-corrected chi connectivity index (χ0v) is 18.3. The average molecular weight is 450 g/mol. The number of carbonyl (C=O) groups excluding carboxylic acids is 2. The summed E-state index contributed by atoms with van der Waals surface area (Å²) in [6.07, 6.45) is 7.71. The van der Waals surface area contributed by atoms with Crippen molar-refractivity contribution in [2.45, 2.75) is 37.7 Å². The van der Waals surface area contributed by atoms with Gasteiger partial charge in [-0.15, -0.1) is 0 Å². The molecule has 0 radical (unpaired) electrons. The van der Waals surface area contributed by atoms with Gasteiger partial charge in [0, 0.05) is 32.1 Å². The van der Waals surface area contributed by atoms with Crippen LogP contribution in [0.15, 0.2) is 61.2 Å². The lowest BCUT2D eigenvalue weighted by molar-refractivity contribution is -0.123. The SMILES string of the molecule is Cn1ccc(CC(NC(=O)c2cnccn2)C(=O)NC(CCCc2ccccc2)B(O)O)n1. The second-order valence-corrected chi connectivity index (χ2v) is 7.71. The minimum atomic E-state index is -1.74. The van der Waals surface area contributed by atoms with Gasteiger partial charge in [-0.25, -0.2) is 4.98 Å². The van der Waals surface area contributed by atoms with Crippen LogP contribution < -0.4 is 10.6 Å². The number of amides is 2. The minimum Gasteiger partial charge on any atom is -0.426 e. The highest BCUT2D eigenvalue weighted by molar-refractivity contribution is 6.43. The second-order valence-electron chi connectivity index (χ2n) is 7.71.